The van der Waals surface area contributed by atoms with Gasteiger partial charge in [-0.1, -0.05) is 30.3 Å². The number of carbonyl (C=O) groups excluding carboxylic acids is 1. The summed E-state index contributed by atoms with van der Waals surface area (Å²) in [7, 11) is 0. The highest BCUT2D eigenvalue weighted by atomic mass is 16.5. The van der Waals surface area contributed by atoms with Gasteiger partial charge in [0.1, 0.15) is 5.76 Å². The Hall–Kier alpha value is -2.34. The minimum atomic E-state index is -0.221. The number of aryl methyl sites for hydroxylation is 2. The van der Waals surface area contributed by atoms with Crippen LogP contribution in [0.1, 0.15) is 41.8 Å². The first-order chi connectivity index (χ1) is 12.1. The highest BCUT2D eigenvalue weighted by molar-refractivity contribution is 5.74. The highest BCUT2D eigenvalue weighted by Crippen LogP contribution is 2.26. The molecule has 1 aromatic carbocycles. The zero-order valence-electron chi connectivity index (χ0n) is 14.7. The van der Waals surface area contributed by atoms with E-state index >= 15 is 0 Å². The van der Waals surface area contributed by atoms with E-state index in [1.165, 1.54) is 0 Å². The van der Waals surface area contributed by atoms with Gasteiger partial charge in [0.25, 0.3) is 0 Å². The molecule has 2 aromatic rings. The maximum atomic E-state index is 12.3. The summed E-state index contributed by atoms with van der Waals surface area (Å²) < 4.78 is 11.0. The molecule has 3 rings (SSSR count). The number of hydrogen-bond donors (Lipinski definition) is 2. The van der Waals surface area contributed by atoms with Crippen molar-refractivity contribution in [1.29, 1.82) is 0 Å². The van der Waals surface area contributed by atoms with E-state index in [4.69, 9.17) is 9.15 Å². The number of oxazole rings is 1. The van der Waals surface area contributed by atoms with Crippen molar-refractivity contribution in [1.82, 2.24) is 15.6 Å². The molecular weight excluding hydrogens is 318 g/mol. The predicted octanol–water partition coefficient (Wildman–Crippen LogP) is 3.26. The van der Waals surface area contributed by atoms with Crippen LogP contribution in [0.3, 0.4) is 0 Å². The molecule has 2 N–H and O–H groups in total. The Kier molecular flexibility index (Phi) is 5.71. The summed E-state index contributed by atoms with van der Waals surface area (Å²) in [5.41, 5.74) is 1.95. The first-order valence-corrected chi connectivity index (χ1v) is 8.72. The van der Waals surface area contributed by atoms with Crippen molar-refractivity contribution >= 4 is 6.03 Å². The van der Waals surface area contributed by atoms with Crippen LogP contribution >= 0.6 is 0 Å². The normalized spacial score (nSPS) is 18.1. The molecule has 2 atom stereocenters. The number of rotatable bonds is 6. The molecule has 6 nitrogen and oxygen atoms in total. The maximum Gasteiger partial charge on any atom is 0.315 e. The van der Waals surface area contributed by atoms with E-state index in [0.29, 0.717) is 11.8 Å². The maximum absolute atomic E-state index is 12.3. The first kappa shape index (κ1) is 17.5. The Morgan fingerprint density at radius 1 is 1.32 bits per heavy atom. The van der Waals surface area contributed by atoms with E-state index in [1.807, 2.05) is 44.2 Å². The van der Waals surface area contributed by atoms with E-state index in [2.05, 4.69) is 15.6 Å². The average molecular weight is 343 g/mol. The molecule has 1 aromatic heterocycles. The first-order valence-electron chi connectivity index (χ1n) is 8.72. The van der Waals surface area contributed by atoms with Gasteiger partial charge in [0.2, 0.25) is 5.89 Å². The Balaban J connectivity index is 1.59. The lowest BCUT2D eigenvalue weighted by molar-refractivity contribution is 0.181. The van der Waals surface area contributed by atoms with E-state index in [0.717, 1.165) is 43.1 Å². The van der Waals surface area contributed by atoms with Gasteiger partial charge in [-0.15, -0.1) is 0 Å². The summed E-state index contributed by atoms with van der Waals surface area (Å²) >= 11 is 0. The molecule has 1 saturated heterocycles. The average Bonchev–Trinajstić information content (AvgIpc) is 3.23. The molecule has 0 bridgehead atoms. The van der Waals surface area contributed by atoms with Gasteiger partial charge in [-0.2, -0.15) is 0 Å². The van der Waals surface area contributed by atoms with E-state index in [1.54, 1.807) is 0 Å². The summed E-state index contributed by atoms with van der Waals surface area (Å²) in [5, 5.41) is 5.90. The van der Waals surface area contributed by atoms with Crippen molar-refractivity contribution in [2.45, 2.75) is 39.3 Å². The molecule has 1 aliphatic rings. The number of ether oxygens (including phenoxy) is 1. The Morgan fingerprint density at radius 3 is 2.76 bits per heavy atom. The third-order valence-electron chi connectivity index (χ3n) is 4.57. The number of urea groups is 1. The Bertz CT molecular complexity index is 674. The summed E-state index contributed by atoms with van der Waals surface area (Å²) in [6.45, 7) is 5.59. The lowest BCUT2D eigenvalue weighted by Crippen LogP contribution is -2.38. The van der Waals surface area contributed by atoms with Crippen molar-refractivity contribution in [3.63, 3.8) is 0 Å². The molecule has 6 heteroatoms. The molecule has 25 heavy (non-hydrogen) atoms. The van der Waals surface area contributed by atoms with Gasteiger partial charge in [-0.3, -0.25) is 0 Å². The van der Waals surface area contributed by atoms with E-state index < -0.39 is 0 Å². The van der Waals surface area contributed by atoms with Crippen molar-refractivity contribution in [2.75, 3.05) is 13.2 Å². The summed E-state index contributed by atoms with van der Waals surface area (Å²) in [6, 6.07) is 9.79. The van der Waals surface area contributed by atoms with Gasteiger partial charge in [0, 0.05) is 13.2 Å². The molecule has 1 fully saturated rings. The molecule has 134 valence electrons. The third-order valence-corrected chi connectivity index (χ3v) is 4.57. The second kappa shape index (κ2) is 8.16. The lowest BCUT2D eigenvalue weighted by Gasteiger charge is -2.22. The van der Waals surface area contributed by atoms with Crippen LogP contribution in [0.2, 0.25) is 0 Å². The quantitative estimate of drug-likeness (QED) is 0.844. The Labute approximate surface area is 148 Å². The summed E-state index contributed by atoms with van der Waals surface area (Å²) in [5.74, 6) is 1.77. The smallest absolute Gasteiger partial charge is 0.315 e. The highest BCUT2D eigenvalue weighted by Gasteiger charge is 2.23. The molecule has 2 amide bonds. The van der Waals surface area contributed by atoms with Crippen LogP contribution in [0.25, 0.3) is 0 Å². The van der Waals surface area contributed by atoms with Gasteiger partial charge in [0.15, 0.2) is 0 Å². The molecule has 2 unspecified atom stereocenters. The number of benzene rings is 1. The number of aromatic nitrogens is 1. The number of hydrogen-bond acceptors (Lipinski definition) is 4. The lowest BCUT2D eigenvalue weighted by atomic mass is 9.94. The fraction of sp³-hybridized carbons (Fsp3) is 0.474. The molecule has 1 aliphatic heterocycles. The largest absolute Gasteiger partial charge is 0.444 e. The molecular formula is C19H25N3O3. The predicted molar refractivity (Wildman–Crippen MR) is 94.1 cm³/mol. The summed E-state index contributed by atoms with van der Waals surface area (Å²) in [6.07, 6.45) is 1.91. The van der Waals surface area contributed by atoms with Crippen LogP contribution in [0.4, 0.5) is 4.79 Å². The second-order valence-electron chi connectivity index (χ2n) is 6.50. The molecule has 0 aliphatic carbocycles. The van der Waals surface area contributed by atoms with Crippen molar-refractivity contribution < 1.29 is 13.9 Å². The van der Waals surface area contributed by atoms with E-state index in [9.17, 15) is 4.79 Å². The van der Waals surface area contributed by atoms with Gasteiger partial charge in [-0.05, 0) is 38.2 Å². The van der Waals surface area contributed by atoms with Crippen LogP contribution in [0, 0.1) is 19.8 Å². The van der Waals surface area contributed by atoms with Crippen molar-refractivity contribution in [3.05, 3.63) is 53.2 Å². The van der Waals surface area contributed by atoms with Gasteiger partial charge >= 0.3 is 6.03 Å². The van der Waals surface area contributed by atoms with Crippen molar-refractivity contribution in [2.24, 2.45) is 5.92 Å². The zero-order valence-corrected chi connectivity index (χ0v) is 14.7. The standard InChI is InChI=1S/C19H25N3O3/c1-13-14(2)25-18(21-13)11-20-19(23)22-17(10-15-8-9-24-12-15)16-6-4-3-5-7-16/h3-7,15,17H,8-12H2,1-2H3,(H2,20,22,23). The fourth-order valence-electron chi connectivity index (χ4n) is 3.05. The zero-order chi connectivity index (χ0) is 17.6. The monoisotopic (exact) mass is 343 g/mol. The van der Waals surface area contributed by atoms with Crippen LogP contribution < -0.4 is 10.6 Å². The van der Waals surface area contributed by atoms with Crippen LogP contribution in [0.5, 0.6) is 0 Å². The number of nitrogens with zero attached hydrogens (tertiary/aromatic N) is 1. The second-order valence-corrected chi connectivity index (χ2v) is 6.50. The minimum Gasteiger partial charge on any atom is -0.444 e. The fourth-order valence-corrected chi connectivity index (χ4v) is 3.05. The number of carbonyl (C=O) groups is 1. The molecule has 0 radical (unpaired) electrons. The van der Waals surface area contributed by atoms with E-state index in [-0.39, 0.29) is 18.6 Å². The van der Waals surface area contributed by atoms with Gasteiger partial charge in [0.05, 0.1) is 18.3 Å². The van der Waals surface area contributed by atoms with Crippen molar-refractivity contribution in [3.8, 4) is 0 Å². The van der Waals surface area contributed by atoms with Gasteiger partial charge < -0.3 is 19.8 Å². The molecule has 2 heterocycles. The van der Waals surface area contributed by atoms with Crippen LogP contribution in [-0.2, 0) is 11.3 Å². The van der Waals surface area contributed by atoms with Crippen LogP contribution in [0.15, 0.2) is 34.7 Å². The van der Waals surface area contributed by atoms with Gasteiger partial charge in [-0.25, -0.2) is 9.78 Å². The SMILES string of the molecule is Cc1nc(CNC(=O)NC(CC2CCOC2)c2ccccc2)oc1C. The number of nitrogens with one attached hydrogen (secondary N) is 2. The molecule has 0 spiro atoms. The minimum absolute atomic E-state index is 0.0408. The molecule has 0 saturated carbocycles. The number of amides is 2. The Morgan fingerprint density at radius 2 is 2.12 bits per heavy atom. The summed E-state index contributed by atoms with van der Waals surface area (Å²) in [4.78, 5) is 16.6. The van der Waals surface area contributed by atoms with Crippen LogP contribution in [-0.4, -0.2) is 24.2 Å². The third kappa shape index (κ3) is 4.82. The topological polar surface area (TPSA) is 76.4 Å².